The van der Waals surface area contributed by atoms with Crippen LogP contribution in [0.1, 0.15) is 5.82 Å². The first kappa shape index (κ1) is 20.1. The third kappa shape index (κ3) is 3.48. The zero-order chi connectivity index (χ0) is 23.4. The predicted molar refractivity (Wildman–Crippen MR) is 144 cm³/mol. The summed E-state index contributed by atoms with van der Waals surface area (Å²) in [5.74, 6) is 3.09. The Bertz CT molecular complexity index is 1840. The van der Waals surface area contributed by atoms with Crippen molar-refractivity contribution in [2.24, 2.45) is 0 Å². The van der Waals surface area contributed by atoms with Crippen LogP contribution in [-0.2, 0) is 5.75 Å². The number of H-pyrrole nitrogens is 3. The number of fused-ring (bicyclic) bond motifs is 3. The molecule has 4 aromatic carbocycles. The van der Waals surface area contributed by atoms with Gasteiger partial charge in [0.15, 0.2) is 0 Å². The number of hydrogen-bond acceptors (Lipinski definition) is 4. The largest absolute Gasteiger partial charge is 0.341 e. The van der Waals surface area contributed by atoms with Gasteiger partial charge in [-0.25, -0.2) is 15.0 Å². The highest BCUT2D eigenvalue weighted by molar-refractivity contribution is 7.79. The summed E-state index contributed by atoms with van der Waals surface area (Å²) in [6.45, 7) is 0. The molecular formula is C28H20N6S. The van der Waals surface area contributed by atoms with Gasteiger partial charge in [-0.1, -0.05) is 36.4 Å². The van der Waals surface area contributed by atoms with Gasteiger partial charge >= 0.3 is 0 Å². The molecule has 35 heavy (non-hydrogen) atoms. The molecule has 6 nitrogen and oxygen atoms in total. The van der Waals surface area contributed by atoms with Crippen LogP contribution in [0, 0.1) is 0 Å². The van der Waals surface area contributed by atoms with Gasteiger partial charge in [0, 0.05) is 16.9 Å². The minimum atomic E-state index is 0.576. The van der Waals surface area contributed by atoms with Crippen molar-refractivity contribution < 1.29 is 0 Å². The maximum atomic E-state index is 4.83. The Kier molecular flexibility index (Phi) is 4.50. The number of benzene rings is 4. The summed E-state index contributed by atoms with van der Waals surface area (Å²) >= 11 is 4.31. The number of nitrogens with one attached hydrogen (secondary N) is 3. The fourth-order valence-electron chi connectivity index (χ4n) is 4.53. The van der Waals surface area contributed by atoms with E-state index >= 15 is 0 Å². The van der Waals surface area contributed by atoms with E-state index in [-0.39, 0.29) is 0 Å². The van der Waals surface area contributed by atoms with Gasteiger partial charge in [0.2, 0.25) is 0 Å². The van der Waals surface area contributed by atoms with Gasteiger partial charge in [0.05, 0.1) is 33.1 Å². The molecule has 0 aliphatic heterocycles. The molecule has 3 aromatic heterocycles. The second kappa shape index (κ2) is 7.85. The van der Waals surface area contributed by atoms with Gasteiger partial charge in [-0.05, 0) is 59.7 Å². The highest BCUT2D eigenvalue weighted by atomic mass is 32.1. The average Bonchev–Trinajstić information content (AvgIpc) is 3.63. The van der Waals surface area contributed by atoms with Gasteiger partial charge < -0.3 is 15.0 Å². The van der Waals surface area contributed by atoms with Crippen molar-refractivity contribution in [1.82, 2.24) is 29.9 Å². The van der Waals surface area contributed by atoms with E-state index in [1.807, 2.05) is 24.3 Å². The number of imidazole rings is 3. The average molecular weight is 473 g/mol. The molecule has 0 atom stereocenters. The Morgan fingerprint density at radius 2 is 1.03 bits per heavy atom. The van der Waals surface area contributed by atoms with Gasteiger partial charge in [-0.2, -0.15) is 12.6 Å². The summed E-state index contributed by atoms with van der Waals surface area (Å²) in [6.07, 6.45) is 0. The van der Waals surface area contributed by atoms with Crippen molar-refractivity contribution in [1.29, 1.82) is 0 Å². The lowest BCUT2D eigenvalue weighted by molar-refractivity contribution is 1.15. The number of hydrogen-bond donors (Lipinski definition) is 4. The summed E-state index contributed by atoms with van der Waals surface area (Å²) < 4.78 is 0. The fourth-order valence-corrected chi connectivity index (χ4v) is 4.68. The molecule has 3 heterocycles. The monoisotopic (exact) mass is 472 g/mol. The quantitative estimate of drug-likeness (QED) is 0.214. The molecule has 0 aliphatic rings. The lowest BCUT2D eigenvalue weighted by atomic mass is 10.1. The van der Waals surface area contributed by atoms with E-state index in [0.29, 0.717) is 5.75 Å². The van der Waals surface area contributed by atoms with E-state index < -0.39 is 0 Å². The third-order valence-corrected chi connectivity index (χ3v) is 6.60. The minimum Gasteiger partial charge on any atom is -0.341 e. The number of thiol groups is 1. The Hall–Kier alpha value is -4.36. The SMILES string of the molecule is SCc1nc2ccc(-c3nc4ccc(-c5nc6ccc(-c7ccccc7)cc6[nH]5)cc4[nH]3)cc2[nH]1. The lowest BCUT2D eigenvalue weighted by Crippen LogP contribution is -1.81. The van der Waals surface area contributed by atoms with Crippen LogP contribution >= 0.6 is 12.6 Å². The van der Waals surface area contributed by atoms with Crippen molar-refractivity contribution in [3.8, 4) is 33.9 Å². The topological polar surface area (TPSA) is 86.0 Å². The Morgan fingerprint density at radius 1 is 0.514 bits per heavy atom. The van der Waals surface area contributed by atoms with Crippen LogP contribution in [0.15, 0.2) is 84.9 Å². The van der Waals surface area contributed by atoms with E-state index in [9.17, 15) is 0 Å². The predicted octanol–water partition coefficient (Wildman–Crippen LogP) is 6.75. The van der Waals surface area contributed by atoms with Gasteiger partial charge in [-0.15, -0.1) is 0 Å². The van der Waals surface area contributed by atoms with Crippen LogP contribution in [0.4, 0.5) is 0 Å². The third-order valence-electron chi connectivity index (χ3n) is 6.30. The molecule has 0 saturated carbocycles. The van der Waals surface area contributed by atoms with Crippen LogP contribution in [-0.4, -0.2) is 29.9 Å². The second-order valence-corrected chi connectivity index (χ2v) is 8.89. The van der Waals surface area contributed by atoms with E-state index in [1.165, 1.54) is 5.56 Å². The zero-order valence-electron chi connectivity index (χ0n) is 18.6. The molecule has 0 spiro atoms. The van der Waals surface area contributed by atoms with Crippen LogP contribution < -0.4 is 0 Å². The van der Waals surface area contributed by atoms with Crippen molar-refractivity contribution in [2.45, 2.75) is 5.75 Å². The van der Waals surface area contributed by atoms with Crippen LogP contribution in [0.25, 0.3) is 67.0 Å². The maximum Gasteiger partial charge on any atom is 0.138 e. The van der Waals surface area contributed by atoms with Gasteiger partial charge in [0.1, 0.15) is 17.5 Å². The molecule has 3 N–H and O–H groups in total. The fraction of sp³-hybridized carbons (Fsp3) is 0.0357. The first-order chi connectivity index (χ1) is 17.2. The summed E-state index contributed by atoms with van der Waals surface area (Å²) in [4.78, 5) is 24.4. The first-order valence-corrected chi connectivity index (χ1v) is 12.0. The van der Waals surface area contributed by atoms with Gasteiger partial charge in [-0.3, -0.25) is 0 Å². The molecule has 7 rings (SSSR count). The normalized spacial score (nSPS) is 11.7. The summed E-state index contributed by atoms with van der Waals surface area (Å²) in [5.41, 5.74) is 10.1. The standard InChI is InChI=1S/C28H20N6S/c35-15-26-29-20-10-7-18(13-23(20)30-26)27-32-22-11-8-19(14-25(22)34-27)28-31-21-9-6-17(12-24(21)33-28)16-4-2-1-3-5-16/h1-14,35H,15H2,(H,29,30)(H,31,33)(H,32,34). The Balaban J connectivity index is 1.25. The molecule has 0 saturated heterocycles. The molecule has 0 aliphatic carbocycles. The lowest BCUT2D eigenvalue weighted by Gasteiger charge is -2.00. The maximum absolute atomic E-state index is 4.83. The summed E-state index contributed by atoms with van der Waals surface area (Å²) in [5, 5.41) is 0. The number of rotatable bonds is 4. The molecule has 0 amide bonds. The summed E-state index contributed by atoms with van der Waals surface area (Å²) in [7, 11) is 0. The smallest absolute Gasteiger partial charge is 0.138 e. The zero-order valence-corrected chi connectivity index (χ0v) is 19.5. The van der Waals surface area contributed by atoms with Crippen molar-refractivity contribution in [3.05, 3.63) is 90.8 Å². The van der Waals surface area contributed by atoms with E-state index in [1.54, 1.807) is 0 Å². The molecule has 168 valence electrons. The first-order valence-electron chi connectivity index (χ1n) is 11.4. The van der Waals surface area contributed by atoms with Crippen molar-refractivity contribution in [3.63, 3.8) is 0 Å². The van der Waals surface area contributed by atoms with Crippen LogP contribution in [0.5, 0.6) is 0 Å². The van der Waals surface area contributed by atoms with Crippen molar-refractivity contribution in [2.75, 3.05) is 0 Å². The van der Waals surface area contributed by atoms with Crippen molar-refractivity contribution >= 4 is 45.7 Å². The number of nitrogens with zero attached hydrogens (tertiary/aromatic N) is 3. The van der Waals surface area contributed by atoms with E-state index in [4.69, 9.17) is 9.97 Å². The van der Waals surface area contributed by atoms with E-state index in [0.717, 1.165) is 67.3 Å². The van der Waals surface area contributed by atoms with Crippen LogP contribution in [0.2, 0.25) is 0 Å². The number of aromatic amines is 3. The Morgan fingerprint density at radius 3 is 1.63 bits per heavy atom. The summed E-state index contributed by atoms with van der Waals surface area (Å²) in [6, 6.07) is 29.0. The highest BCUT2D eigenvalue weighted by Crippen LogP contribution is 2.29. The molecule has 0 fully saturated rings. The molecular weight excluding hydrogens is 452 g/mol. The molecule has 7 heteroatoms. The molecule has 7 aromatic rings. The molecule has 0 unspecified atom stereocenters. The van der Waals surface area contributed by atoms with Crippen LogP contribution in [0.3, 0.4) is 0 Å². The number of aromatic nitrogens is 6. The molecule has 0 bridgehead atoms. The highest BCUT2D eigenvalue weighted by Gasteiger charge is 2.12. The second-order valence-electron chi connectivity index (χ2n) is 8.57. The minimum absolute atomic E-state index is 0.576. The van der Waals surface area contributed by atoms with Gasteiger partial charge in [0.25, 0.3) is 0 Å². The van der Waals surface area contributed by atoms with E-state index in [2.05, 4.69) is 93.2 Å². The molecule has 0 radical (unpaired) electrons. The Labute approximate surface area is 205 Å².